The van der Waals surface area contributed by atoms with Crippen LogP contribution in [0.15, 0.2) is 109 Å². The first-order valence-corrected chi connectivity index (χ1v) is 11.6. The van der Waals surface area contributed by atoms with Crippen LogP contribution in [0.5, 0.6) is 0 Å². The van der Waals surface area contributed by atoms with Crippen LogP contribution in [0.4, 0.5) is 0 Å². The zero-order chi connectivity index (χ0) is 21.3. The molecule has 0 radical (unpaired) electrons. The summed E-state index contributed by atoms with van der Waals surface area (Å²) in [4.78, 5) is 0. The van der Waals surface area contributed by atoms with Crippen LogP contribution in [0.25, 0.3) is 27.8 Å². The lowest BCUT2D eigenvalue weighted by atomic mass is 9.69. The average molecular weight is 409 g/mol. The second-order valence-corrected chi connectivity index (χ2v) is 9.28. The molecule has 0 saturated heterocycles. The normalized spacial score (nSPS) is 19.7. The first kappa shape index (κ1) is 18.0. The molecule has 0 N–H and O–H groups in total. The van der Waals surface area contributed by atoms with Crippen molar-refractivity contribution in [3.63, 3.8) is 0 Å². The Hall–Kier alpha value is -3.64. The second kappa shape index (κ2) is 6.43. The molecule has 1 atom stereocenters. The molecule has 0 heteroatoms. The fraction of sp³-hybridized carbons (Fsp3) is 0.125. The van der Waals surface area contributed by atoms with Gasteiger partial charge in [0.15, 0.2) is 0 Å². The van der Waals surface area contributed by atoms with Crippen molar-refractivity contribution in [1.29, 1.82) is 0 Å². The van der Waals surface area contributed by atoms with Gasteiger partial charge in [-0.1, -0.05) is 103 Å². The molecular weight excluding hydrogens is 384 g/mol. The molecule has 0 aliphatic heterocycles. The van der Waals surface area contributed by atoms with Crippen LogP contribution in [0.3, 0.4) is 0 Å². The van der Waals surface area contributed by atoms with Gasteiger partial charge in [0.05, 0.1) is 5.41 Å². The largest absolute Gasteiger partial charge is 0.0788 e. The third-order valence-electron chi connectivity index (χ3n) is 7.61. The molecule has 1 unspecified atom stereocenters. The summed E-state index contributed by atoms with van der Waals surface area (Å²) >= 11 is 0. The molecule has 0 heterocycles. The molecule has 0 aromatic heterocycles. The number of allylic oxidation sites excluding steroid dienone is 4. The van der Waals surface area contributed by atoms with Crippen molar-refractivity contribution in [2.75, 3.05) is 0 Å². The fourth-order valence-corrected chi connectivity index (χ4v) is 6.26. The number of rotatable bonds is 1. The van der Waals surface area contributed by atoms with E-state index in [1.165, 1.54) is 61.2 Å². The summed E-state index contributed by atoms with van der Waals surface area (Å²) in [6.45, 7) is 2.15. The predicted molar refractivity (Wildman–Crippen MR) is 134 cm³/mol. The lowest BCUT2D eigenvalue weighted by molar-refractivity contribution is 0.782. The smallest absolute Gasteiger partial charge is 0.0722 e. The molecule has 0 bridgehead atoms. The molecule has 3 aliphatic carbocycles. The zero-order valence-corrected chi connectivity index (χ0v) is 18.2. The van der Waals surface area contributed by atoms with E-state index in [4.69, 9.17) is 0 Å². The van der Waals surface area contributed by atoms with E-state index in [2.05, 4.69) is 110 Å². The molecule has 0 amide bonds. The molecule has 4 aromatic carbocycles. The summed E-state index contributed by atoms with van der Waals surface area (Å²) in [5.41, 5.74) is 15.0. The van der Waals surface area contributed by atoms with E-state index in [-0.39, 0.29) is 5.41 Å². The van der Waals surface area contributed by atoms with E-state index >= 15 is 0 Å². The summed E-state index contributed by atoms with van der Waals surface area (Å²) in [5.74, 6) is 0. The monoisotopic (exact) mass is 408 g/mol. The summed E-state index contributed by atoms with van der Waals surface area (Å²) in [7, 11) is 0. The van der Waals surface area contributed by atoms with Gasteiger partial charge < -0.3 is 0 Å². The van der Waals surface area contributed by atoms with E-state index in [9.17, 15) is 0 Å². The maximum Gasteiger partial charge on any atom is 0.0722 e. The minimum absolute atomic E-state index is 0.213. The minimum atomic E-state index is -0.213. The van der Waals surface area contributed by atoms with Gasteiger partial charge in [0.2, 0.25) is 0 Å². The van der Waals surface area contributed by atoms with Gasteiger partial charge in [0, 0.05) is 0 Å². The SMILES string of the molecule is Cc1ccc(-c2ccc3c(c2)C2(C4=CCCC=C4c4ccccc42)c2ccccc2-3)cc1. The van der Waals surface area contributed by atoms with E-state index < -0.39 is 0 Å². The van der Waals surface area contributed by atoms with Crippen molar-refractivity contribution in [2.24, 2.45) is 0 Å². The van der Waals surface area contributed by atoms with E-state index in [0.717, 1.165) is 12.8 Å². The highest BCUT2D eigenvalue weighted by atomic mass is 14.5. The van der Waals surface area contributed by atoms with Gasteiger partial charge in [0.25, 0.3) is 0 Å². The summed E-state index contributed by atoms with van der Waals surface area (Å²) in [5, 5.41) is 0. The molecular formula is C32H24. The van der Waals surface area contributed by atoms with Crippen molar-refractivity contribution in [3.05, 3.63) is 137 Å². The Balaban J connectivity index is 1.59. The van der Waals surface area contributed by atoms with Crippen molar-refractivity contribution in [3.8, 4) is 22.3 Å². The lowest BCUT2D eigenvalue weighted by Crippen LogP contribution is -2.26. The van der Waals surface area contributed by atoms with Gasteiger partial charge >= 0.3 is 0 Å². The summed E-state index contributed by atoms with van der Waals surface area (Å²) in [6, 6.07) is 34.2. The van der Waals surface area contributed by atoms with E-state index in [0.29, 0.717) is 0 Å². The number of hydrogen-bond acceptors (Lipinski definition) is 0. The van der Waals surface area contributed by atoms with Gasteiger partial charge in [-0.15, -0.1) is 0 Å². The van der Waals surface area contributed by atoms with Crippen LogP contribution in [0.1, 0.15) is 40.7 Å². The Bertz CT molecular complexity index is 1460. The number of benzene rings is 4. The molecule has 32 heavy (non-hydrogen) atoms. The van der Waals surface area contributed by atoms with Crippen LogP contribution in [-0.2, 0) is 5.41 Å². The van der Waals surface area contributed by atoms with Crippen molar-refractivity contribution < 1.29 is 0 Å². The standard InChI is InChI=1S/C32H24/c1-21-14-16-22(17-15-21)23-18-19-27-26-10-4-7-13-30(26)32(31(27)20-23)28-11-5-2-8-24(28)25-9-3-6-12-29(25)32/h2,4-5,7-20H,3,6H2,1H3. The maximum absolute atomic E-state index is 2.51. The van der Waals surface area contributed by atoms with Crippen molar-refractivity contribution in [2.45, 2.75) is 25.2 Å². The lowest BCUT2D eigenvalue weighted by Gasteiger charge is -2.32. The fourth-order valence-electron chi connectivity index (χ4n) is 6.26. The zero-order valence-electron chi connectivity index (χ0n) is 18.2. The maximum atomic E-state index is 2.51. The molecule has 4 aromatic rings. The second-order valence-electron chi connectivity index (χ2n) is 9.28. The van der Waals surface area contributed by atoms with E-state index in [1.54, 1.807) is 0 Å². The highest BCUT2D eigenvalue weighted by Crippen LogP contribution is 2.64. The van der Waals surface area contributed by atoms with Crippen molar-refractivity contribution in [1.82, 2.24) is 0 Å². The highest BCUT2D eigenvalue weighted by molar-refractivity contribution is 6.00. The van der Waals surface area contributed by atoms with Crippen LogP contribution in [-0.4, -0.2) is 0 Å². The molecule has 0 fully saturated rings. The average Bonchev–Trinajstić information content (AvgIpc) is 3.32. The van der Waals surface area contributed by atoms with Gasteiger partial charge in [-0.2, -0.15) is 0 Å². The molecule has 152 valence electrons. The third-order valence-corrected chi connectivity index (χ3v) is 7.61. The van der Waals surface area contributed by atoms with Gasteiger partial charge in [0.1, 0.15) is 0 Å². The van der Waals surface area contributed by atoms with Gasteiger partial charge in [-0.3, -0.25) is 0 Å². The quantitative estimate of drug-likeness (QED) is 0.298. The van der Waals surface area contributed by atoms with Gasteiger partial charge in [-0.25, -0.2) is 0 Å². The van der Waals surface area contributed by atoms with Gasteiger partial charge in [-0.05, 0) is 81.5 Å². The first-order chi connectivity index (χ1) is 15.8. The van der Waals surface area contributed by atoms with E-state index in [1.807, 2.05) is 0 Å². The van der Waals surface area contributed by atoms with Crippen LogP contribution < -0.4 is 0 Å². The first-order valence-electron chi connectivity index (χ1n) is 11.6. The van der Waals surface area contributed by atoms with Crippen LogP contribution in [0, 0.1) is 6.92 Å². The number of aryl methyl sites for hydroxylation is 1. The Morgan fingerprint density at radius 3 is 2.00 bits per heavy atom. The molecule has 7 rings (SSSR count). The van der Waals surface area contributed by atoms with Crippen LogP contribution in [0.2, 0.25) is 0 Å². The van der Waals surface area contributed by atoms with Crippen molar-refractivity contribution >= 4 is 5.57 Å². The Morgan fingerprint density at radius 2 is 1.19 bits per heavy atom. The third kappa shape index (κ3) is 2.17. The Labute approximate surface area is 189 Å². The molecule has 1 spiro atoms. The molecule has 0 nitrogen and oxygen atoms in total. The summed E-state index contributed by atoms with van der Waals surface area (Å²) in [6.07, 6.45) is 7.22. The highest BCUT2D eigenvalue weighted by Gasteiger charge is 2.53. The number of fused-ring (bicyclic) bond motifs is 10. The minimum Gasteiger partial charge on any atom is -0.0788 e. The molecule has 3 aliphatic rings. The van der Waals surface area contributed by atoms with Crippen LogP contribution >= 0.6 is 0 Å². The predicted octanol–water partition coefficient (Wildman–Crippen LogP) is 8.09. The Kier molecular flexibility index (Phi) is 3.62. The Morgan fingerprint density at radius 1 is 0.562 bits per heavy atom. The topological polar surface area (TPSA) is 0 Å². The molecule has 0 saturated carbocycles. The summed E-state index contributed by atoms with van der Waals surface area (Å²) < 4.78 is 0. The number of hydrogen-bond donors (Lipinski definition) is 0.